The van der Waals surface area contributed by atoms with E-state index in [2.05, 4.69) is 5.32 Å². The molecule has 2 N–H and O–H groups in total. The van der Waals surface area contributed by atoms with Crippen LogP contribution < -0.4 is 5.32 Å². The van der Waals surface area contributed by atoms with Crippen LogP contribution in [0.5, 0.6) is 0 Å². The molecule has 1 atom stereocenters. The number of ether oxygens (including phenoxy) is 2. The van der Waals surface area contributed by atoms with E-state index in [4.69, 9.17) is 9.47 Å². The first-order valence-electron chi connectivity index (χ1n) is 6.85. The highest BCUT2D eigenvalue weighted by Gasteiger charge is 2.67. The first kappa shape index (κ1) is 13.4. The molecular weight excluding hydrogens is 258 g/mol. The molecule has 3 fully saturated rings. The average molecular weight is 277 g/mol. The average Bonchev–Trinajstić information content (AvgIpc) is 2.84. The maximum absolute atomic E-state index is 11.9. The monoisotopic (exact) mass is 277 g/mol. The van der Waals surface area contributed by atoms with Crippen LogP contribution in [0.3, 0.4) is 0 Å². The molecular formula is C15H19NO4. The van der Waals surface area contributed by atoms with Crippen LogP contribution in [0, 0.1) is 0 Å². The fourth-order valence-electron chi connectivity index (χ4n) is 3.26. The number of alkyl carbamates (subject to hydrolysis) is 1. The van der Waals surface area contributed by atoms with Gasteiger partial charge in [0.15, 0.2) is 0 Å². The molecule has 108 valence electrons. The Bertz CT molecular complexity index is 496. The number of fused-ring (bicyclic) bond motifs is 1. The second-order valence-electron chi connectivity index (χ2n) is 5.80. The minimum atomic E-state index is -0.452. The predicted octanol–water partition coefficient (Wildman–Crippen LogP) is 1.60. The summed E-state index contributed by atoms with van der Waals surface area (Å²) in [5.41, 5.74) is 0.122. The van der Waals surface area contributed by atoms with Gasteiger partial charge in [-0.1, -0.05) is 30.3 Å². The fraction of sp³-hybridized carbons (Fsp3) is 0.533. The summed E-state index contributed by atoms with van der Waals surface area (Å²) in [5, 5.41) is 12.2. The summed E-state index contributed by atoms with van der Waals surface area (Å²) in [6.07, 6.45) is 0.771. The smallest absolute Gasteiger partial charge is 0.407 e. The van der Waals surface area contributed by atoms with Gasteiger partial charge < -0.3 is 19.9 Å². The summed E-state index contributed by atoms with van der Waals surface area (Å²) >= 11 is 0. The molecule has 0 spiro atoms. The Hall–Kier alpha value is -1.59. The van der Waals surface area contributed by atoms with Crippen LogP contribution in [0.25, 0.3) is 0 Å². The molecule has 1 amide bonds. The number of aliphatic hydroxyl groups excluding tert-OH is 1. The van der Waals surface area contributed by atoms with Crippen molar-refractivity contribution >= 4 is 6.09 Å². The normalized spacial score (nSPS) is 34.4. The number of amides is 1. The van der Waals surface area contributed by atoms with Crippen LogP contribution in [-0.2, 0) is 16.1 Å². The zero-order valence-electron chi connectivity index (χ0n) is 11.5. The molecule has 2 heterocycles. The molecule has 1 saturated carbocycles. The SMILES string of the molecule is CC1OC2(CO)CC1(NC(=O)OCc1ccccc1)C2. The molecule has 1 aromatic carbocycles. The van der Waals surface area contributed by atoms with Gasteiger partial charge in [-0.2, -0.15) is 0 Å². The molecule has 2 saturated heterocycles. The summed E-state index contributed by atoms with van der Waals surface area (Å²) in [6.45, 7) is 2.17. The zero-order valence-corrected chi connectivity index (χ0v) is 11.5. The molecule has 2 aliphatic heterocycles. The number of aliphatic hydroxyl groups is 1. The molecule has 5 heteroatoms. The van der Waals surface area contributed by atoms with Crippen LogP contribution in [0.1, 0.15) is 25.3 Å². The van der Waals surface area contributed by atoms with Gasteiger partial charge >= 0.3 is 6.09 Å². The Morgan fingerprint density at radius 1 is 1.45 bits per heavy atom. The molecule has 1 aromatic rings. The summed E-state index contributed by atoms with van der Waals surface area (Å²) in [6, 6.07) is 9.55. The lowest BCUT2D eigenvalue weighted by Gasteiger charge is -2.44. The summed E-state index contributed by atoms with van der Waals surface area (Å²) in [5.74, 6) is 0. The Morgan fingerprint density at radius 3 is 2.75 bits per heavy atom. The van der Waals surface area contributed by atoms with Crippen molar-refractivity contribution in [2.45, 2.75) is 43.6 Å². The van der Waals surface area contributed by atoms with Gasteiger partial charge in [0.05, 0.1) is 23.9 Å². The van der Waals surface area contributed by atoms with Crippen LogP contribution in [0.15, 0.2) is 30.3 Å². The largest absolute Gasteiger partial charge is 0.445 e. The molecule has 1 aliphatic carbocycles. The molecule has 4 rings (SSSR count). The molecule has 2 bridgehead atoms. The van der Waals surface area contributed by atoms with Crippen molar-refractivity contribution in [3.05, 3.63) is 35.9 Å². The summed E-state index contributed by atoms with van der Waals surface area (Å²) in [4.78, 5) is 11.9. The second-order valence-corrected chi connectivity index (χ2v) is 5.80. The number of hydrogen-bond acceptors (Lipinski definition) is 4. The number of hydrogen-bond donors (Lipinski definition) is 2. The van der Waals surface area contributed by atoms with E-state index in [1.54, 1.807) is 0 Å². The minimum absolute atomic E-state index is 0.000166. The molecule has 1 unspecified atom stereocenters. The number of rotatable bonds is 4. The molecule has 0 radical (unpaired) electrons. The Morgan fingerprint density at radius 2 is 2.15 bits per heavy atom. The maximum atomic E-state index is 11.9. The maximum Gasteiger partial charge on any atom is 0.407 e. The first-order chi connectivity index (χ1) is 9.57. The molecule has 5 nitrogen and oxygen atoms in total. The van der Waals surface area contributed by atoms with Crippen LogP contribution in [0.4, 0.5) is 4.79 Å². The van der Waals surface area contributed by atoms with Crippen molar-refractivity contribution in [3.8, 4) is 0 Å². The van der Waals surface area contributed by atoms with Gasteiger partial charge in [0.2, 0.25) is 0 Å². The summed E-state index contributed by atoms with van der Waals surface area (Å²) in [7, 11) is 0. The van der Waals surface area contributed by atoms with E-state index in [0.29, 0.717) is 12.8 Å². The van der Waals surface area contributed by atoms with Crippen LogP contribution in [-0.4, -0.2) is 35.1 Å². The minimum Gasteiger partial charge on any atom is -0.445 e. The lowest BCUT2D eigenvalue weighted by atomic mass is 9.66. The van der Waals surface area contributed by atoms with Crippen molar-refractivity contribution in [1.82, 2.24) is 5.32 Å². The van der Waals surface area contributed by atoms with Crippen molar-refractivity contribution in [1.29, 1.82) is 0 Å². The third kappa shape index (κ3) is 2.17. The van der Waals surface area contributed by atoms with Gasteiger partial charge in [-0.05, 0) is 12.5 Å². The highest BCUT2D eigenvalue weighted by molar-refractivity contribution is 5.69. The first-order valence-corrected chi connectivity index (χ1v) is 6.85. The fourth-order valence-corrected chi connectivity index (χ4v) is 3.26. The van der Waals surface area contributed by atoms with E-state index < -0.39 is 11.7 Å². The van der Waals surface area contributed by atoms with Gasteiger partial charge in [-0.15, -0.1) is 0 Å². The van der Waals surface area contributed by atoms with E-state index in [-0.39, 0.29) is 24.9 Å². The van der Waals surface area contributed by atoms with Crippen LogP contribution >= 0.6 is 0 Å². The van der Waals surface area contributed by atoms with Gasteiger partial charge in [-0.3, -0.25) is 0 Å². The standard InChI is InChI=1S/C15H19NO4/c1-11-15(8-14(9-15,10-17)20-11)16-13(18)19-7-12-5-3-2-4-6-12/h2-6,11,17H,7-10H2,1H3,(H,16,18). The van der Waals surface area contributed by atoms with Crippen molar-refractivity contribution < 1.29 is 19.4 Å². The topological polar surface area (TPSA) is 67.8 Å². The Kier molecular flexibility index (Phi) is 3.18. The van der Waals surface area contributed by atoms with Crippen LogP contribution in [0.2, 0.25) is 0 Å². The second kappa shape index (κ2) is 4.75. The molecule has 20 heavy (non-hydrogen) atoms. The van der Waals surface area contributed by atoms with E-state index >= 15 is 0 Å². The lowest BCUT2D eigenvalue weighted by Crippen LogP contribution is -2.62. The Balaban J connectivity index is 1.53. The highest BCUT2D eigenvalue weighted by atomic mass is 16.6. The Labute approximate surface area is 117 Å². The summed E-state index contributed by atoms with van der Waals surface area (Å²) < 4.78 is 10.9. The number of nitrogens with one attached hydrogen (secondary N) is 1. The number of benzene rings is 1. The van der Waals surface area contributed by atoms with Gasteiger partial charge in [0.1, 0.15) is 6.61 Å². The number of carbonyl (C=O) groups excluding carboxylic acids is 1. The van der Waals surface area contributed by atoms with E-state index in [0.717, 1.165) is 5.56 Å². The van der Waals surface area contributed by atoms with Crippen molar-refractivity contribution in [2.75, 3.05) is 6.61 Å². The van der Waals surface area contributed by atoms with E-state index in [1.165, 1.54) is 0 Å². The third-order valence-electron chi connectivity index (χ3n) is 4.33. The third-order valence-corrected chi connectivity index (χ3v) is 4.33. The highest BCUT2D eigenvalue weighted by Crippen LogP contribution is 2.54. The van der Waals surface area contributed by atoms with Gasteiger partial charge in [0, 0.05) is 12.8 Å². The van der Waals surface area contributed by atoms with E-state index in [1.807, 2.05) is 37.3 Å². The quantitative estimate of drug-likeness (QED) is 0.877. The molecule has 3 aliphatic rings. The predicted molar refractivity (Wildman–Crippen MR) is 72.1 cm³/mol. The molecule has 0 aromatic heterocycles. The number of carbonyl (C=O) groups is 1. The van der Waals surface area contributed by atoms with Crippen molar-refractivity contribution in [2.24, 2.45) is 0 Å². The van der Waals surface area contributed by atoms with Gasteiger partial charge in [0.25, 0.3) is 0 Å². The lowest BCUT2D eigenvalue weighted by molar-refractivity contribution is -0.0614. The van der Waals surface area contributed by atoms with Gasteiger partial charge in [-0.25, -0.2) is 4.79 Å². The van der Waals surface area contributed by atoms with E-state index in [9.17, 15) is 9.90 Å². The zero-order chi connectivity index (χ0) is 14.2. The van der Waals surface area contributed by atoms with Crippen molar-refractivity contribution in [3.63, 3.8) is 0 Å².